The van der Waals surface area contributed by atoms with E-state index in [0.717, 1.165) is 22.6 Å². The second-order valence-corrected chi connectivity index (χ2v) is 4.97. The van der Waals surface area contributed by atoms with E-state index >= 15 is 0 Å². The molecule has 22 heavy (non-hydrogen) atoms. The maximum Gasteiger partial charge on any atom is 0.185 e. The van der Waals surface area contributed by atoms with Crippen LogP contribution in [0.4, 0.5) is 0 Å². The van der Waals surface area contributed by atoms with E-state index in [2.05, 4.69) is 0 Å². The molecular formula is C19H16O3. The van der Waals surface area contributed by atoms with E-state index in [-0.39, 0.29) is 5.78 Å². The van der Waals surface area contributed by atoms with E-state index < -0.39 is 0 Å². The molecule has 2 aromatic rings. The highest BCUT2D eigenvalue weighted by atomic mass is 16.5. The van der Waals surface area contributed by atoms with Gasteiger partial charge in [0.1, 0.15) is 18.1 Å². The van der Waals surface area contributed by atoms with E-state index in [1.54, 1.807) is 37.5 Å². The SMILES string of the molecule is COc1ccc(C(=O)/C=C/C2=Cc3ccccc3OC2)cc1. The van der Waals surface area contributed by atoms with E-state index in [9.17, 15) is 4.79 Å². The molecule has 3 rings (SSSR count). The Morgan fingerprint density at radius 2 is 1.91 bits per heavy atom. The lowest BCUT2D eigenvalue weighted by atomic mass is 10.1. The summed E-state index contributed by atoms with van der Waals surface area (Å²) in [6.07, 6.45) is 5.42. The normalized spacial score (nSPS) is 13.2. The molecule has 0 bridgehead atoms. The van der Waals surface area contributed by atoms with Crippen molar-refractivity contribution >= 4 is 11.9 Å². The fourth-order valence-electron chi connectivity index (χ4n) is 2.26. The molecule has 0 saturated heterocycles. The summed E-state index contributed by atoms with van der Waals surface area (Å²) in [4.78, 5) is 12.1. The summed E-state index contributed by atoms with van der Waals surface area (Å²) in [5, 5.41) is 0. The third-order valence-electron chi connectivity index (χ3n) is 3.48. The molecule has 0 aliphatic carbocycles. The average molecular weight is 292 g/mol. The van der Waals surface area contributed by atoms with E-state index in [4.69, 9.17) is 9.47 Å². The van der Waals surface area contributed by atoms with Gasteiger partial charge in [0.25, 0.3) is 0 Å². The first-order valence-corrected chi connectivity index (χ1v) is 7.05. The van der Waals surface area contributed by atoms with Gasteiger partial charge in [-0.1, -0.05) is 24.3 Å². The zero-order chi connectivity index (χ0) is 15.4. The summed E-state index contributed by atoms with van der Waals surface area (Å²) in [6.45, 7) is 0.476. The minimum absolute atomic E-state index is 0.0394. The van der Waals surface area contributed by atoms with Crippen molar-refractivity contribution in [3.05, 3.63) is 77.4 Å². The van der Waals surface area contributed by atoms with Gasteiger partial charge >= 0.3 is 0 Å². The van der Waals surface area contributed by atoms with Gasteiger partial charge in [0.05, 0.1) is 7.11 Å². The Labute approximate surface area is 129 Å². The zero-order valence-electron chi connectivity index (χ0n) is 12.3. The van der Waals surface area contributed by atoms with Crippen LogP contribution in [0.15, 0.2) is 66.3 Å². The maximum atomic E-state index is 12.1. The van der Waals surface area contributed by atoms with Crippen molar-refractivity contribution in [1.82, 2.24) is 0 Å². The molecule has 0 amide bonds. The molecule has 1 aliphatic heterocycles. The Balaban J connectivity index is 1.74. The number of hydrogen-bond acceptors (Lipinski definition) is 3. The molecular weight excluding hydrogens is 276 g/mol. The van der Waals surface area contributed by atoms with Gasteiger partial charge in [-0.3, -0.25) is 4.79 Å². The molecule has 0 N–H and O–H groups in total. The van der Waals surface area contributed by atoms with Gasteiger partial charge in [-0.05, 0) is 48.1 Å². The number of carbonyl (C=O) groups excluding carboxylic acids is 1. The lowest BCUT2D eigenvalue weighted by molar-refractivity contribution is 0.104. The first-order chi connectivity index (χ1) is 10.8. The number of methoxy groups -OCH3 is 1. The van der Waals surface area contributed by atoms with Crippen LogP contribution in [0.2, 0.25) is 0 Å². The van der Waals surface area contributed by atoms with Crippen LogP contribution >= 0.6 is 0 Å². The Bertz CT molecular complexity index is 740. The van der Waals surface area contributed by atoms with Crippen LogP contribution in [0.25, 0.3) is 6.08 Å². The second kappa shape index (κ2) is 6.31. The van der Waals surface area contributed by atoms with Gasteiger partial charge in [0.15, 0.2) is 5.78 Å². The summed E-state index contributed by atoms with van der Waals surface area (Å²) < 4.78 is 10.7. The Morgan fingerprint density at radius 1 is 1.14 bits per heavy atom. The summed E-state index contributed by atoms with van der Waals surface area (Å²) in [6, 6.07) is 14.9. The number of para-hydroxylation sites is 1. The number of fused-ring (bicyclic) bond motifs is 1. The molecule has 0 saturated carbocycles. The van der Waals surface area contributed by atoms with Gasteiger partial charge in [0.2, 0.25) is 0 Å². The highest BCUT2D eigenvalue weighted by Crippen LogP contribution is 2.26. The standard InChI is InChI=1S/C19H16O3/c1-21-17-9-7-15(8-10-17)18(20)11-6-14-12-16-4-2-3-5-19(16)22-13-14/h2-12H,13H2,1H3/b11-6+. The largest absolute Gasteiger partial charge is 0.497 e. The second-order valence-electron chi connectivity index (χ2n) is 4.97. The lowest BCUT2D eigenvalue weighted by Crippen LogP contribution is -2.06. The molecule has 0 spiro atoms. The Kier molecular flexibility index (Phi) is 4.05. The monoisotopic (exact) mass is 292 g/mol. The fourth-order valence-corrected chi connectivity index (χ4v) is 2.26. The molecule has 0 radical (unpaired) electrons. The van der Waals surface area contributed by atoms with Crippen LogP contribution in [0.3, 0.4) is 0 Å². The average Bonchev–Trinajstić information content (AvgIpc) is 2.59. The minimum atomic E-state index is -0.0394. The highest BCUT2D eigenvalue weighted by Gasteiger charge is 2.09. The lowest BCUT2D eigenvalue weighted by Gasteiger charge is -2.15. The van der Waals surface area contributed by atoms with Crippen LogP contribution in [0.1, 0.15) is 15.9 Å². The molecule has 1 heterocycles. The van der Waals surface area contributed by atoms with Gasteiger partial charge in [-0.15, -0.1) is 0 Å². The van der Waals surface area contributed by atoms with Crippen molar-refractivity contribution in [3.8, 4) is 11.5 Å². The van der Waals surface area contributed by atoms with Gasteiger partial charge in [-0.2, -0.15) is 0 Å². The molecule has 3 heteroatoms. The van der Waals surface area contributed by atoms with Crippen molar-refractivity contribution in [2.24, 2.45) is 0 Å². The molecule has 0 unspecified atom stereocenters. The number of benzene rings is 2. The predicted molar refractivity (Wildman–Crippen MR) is 86.4 cm³/mol. The van der Waals surface area contributed by atoms with Crippen LogP contribution in [-0.2, 0) is 0 Å². The summed E-state index contributed by atoms with van der Waals surface area (Å²) >= 11 is 0. The van der Waals surface area contributed by atoms with Crippen LogP contribution in [-0.4, -0.2) is 19.5 Å². The number of rotatable bonds is 4. The van der Waals surface area contributed by atoms with Gasteiger partial charge < -0.3 is 9.47 Å². The number of hydrogen-bond donors (Lipinski definition) is 0. The summed E-state index contributed by atoms with van der Waals surface area (Å²) in [5.74, 6) is 1.57. The molecule has 0 atom stereocenters. The number of ketones is 1. The third kappa shape index (κ3) is 3.09. The first kappa shape index (κ1) is 14.1. The minimum Gasteiger partial charge on any atom is -0.497 e. The Morgan fingerprint density at radius 3 is 2.68 bits per heavy atom. The highest BCUT2D eigenvalue weighted by molar-refractivity contribution is 6.04. The van der Waals surface area contributed by atoms with Gasteiger partial charge in [0, 0.05) is 11.1 Å². The van der Waals surface area contributed by atoms with E-state index in [0.29, 0.717) is 12.2 Å². The van der Waals surface area contributed by atoms with Crippen molar-refractivity contribution in [2.45, 2.75) is 0 Å². The molecule has 2 aromatic carbocycles. The van der Waals surface area contributed by atoms with Crippen LogP contribution in [0, 0.1) is 0 Å². The smallest absolute Gasteiger partial charge is 0.185 e. The van der Waals surface area contributed by atoms with Crippen LogP contribution < -0.4 is 9.47 Å². The quantitative estimate of drug-likeness (QED) is 0.633. The van der Waals surface area contributed by atoms with Crippen molar-refractivity contribution < 1.29 is 14.3 Å². The third-order valence-corrected chi connectivity index (χ3v) is 3.48. The van der Waals surface area contributed by atoms with Crippen molar-refractivity contribution in [2.75, 3.05) is 13.7 Å². The van der Waals surface area contributed by atoms with Crippen molar-refractivity contribution in [1.29, 1.82) is 0 Å². The molecule has 0 fully saturated rings. The number of allylic oxidation sites excluding steroid dienone is 1. The fraction of sp³-hybridized carbons (Fsp3) is 0.105. The maximum absolute atomic E-state index is 12.1. The van der Waals surface area contributed by atoms with E-state index in [1.165, 1.54) is 0 Å². The molecule has 0 aromatic heterocycles. The summed E-state index contributed by atoms with van der Waals surface area (Å²) in [5.41, 5.74) is 2.64. The van der Waals surface area contributed by atoms with Crippen molar-refractivity contribution in [3.63, 3.8) is 0 Å². The zero-order valence-corrected chi connectivity index (χ0v) is 12.3. The van der Waals surface area contributed by atoms with Crippen LogP contribution in [0.5, 0.6) is 11.5 Å². The number of carbonyl (C=O) groups is 1. The predicted octanol–water partition coefficient (Wildman–Crippen LogP) is 3.91. The Hall–Kier alpha value is -2.81. The molecule has 3 nitrogen and oxygen atoms in total. The number of ether oxygens (including phenoxy) is 2. The molecule has 110 valence electrons. The first-order valence-electron chi connectivity index (χ1n) is 7.05. The van der Waals surface area contributed by atoms with E-state index in [1.807, 2.05) is 36.4 Å². The van der Waals surface area contributed by atoms with Gasteiger partial charge in [-0.25, -0.2) is 0 Å². The molecule has 1 aliphatic rings. The summed E-state index contributed by atoms with van der Waals surface area (Å²) in [7, 11) is 1.60. The topological polar surface area (TPSA) is 35.5 Å².